The van der Waals surface area contributed by atoms with E-state index >= 15 is 0 Å². The summed E-state index contributed by atoms with van der Waals surface area (Å²) in [6, 6.07) is 4.77. The number of hydrogen-bond acceptors (Lipinski definition) is 6. The number of carbonyl (C=O) groups is 2. The average Bonchev–Trinajstić information content (AvgIpc) is 3.47. The lowest BCUT2D eigenvalue weighted by Crippen LogP contribution is -2.51. The number of imide groups is 1. The molecule has 7 nitrogen and oxygen atoms in total. The predicted molar refractivity (Wildman–Crippen MR) is 109 cm³/mol. The molecule has 160 valence electrons. The first-order chi connectivity index (χ1) is 13.8. The summed E-state index contributed by atoms with van der Waals surface area (Å²) in [7, 11) is 0. The molecule has 29 heavy (non-hydrogen) atoms. The van der Waals surface area contributed by atoms with Crippen LogP contribution in [0.15, 0.2) is 18.2 Å². The third-order valence-electron chi connectivity index (χ3n) is 5.19. The number of hydrogen-bond donors (Lipinski definition) is 3. The van der Waals surface area contributed by atoms with E-state index in [2.05, 4.69) is 30.0 Å². The first kappa shape index (κ1) is 21.5. The summed E-state index contributed by atoms with van der Waals surface area (Å²) in [5, 5.41) is 2.31. The van der Waals surface area contributed by atoms with Gasteiger partial charge in [-0.15, -0.1) is 0 Å². The largest absolute Gasteiger partial charge is 0.490 e. The monoisotopic (exact) mass is 406 g/mol. The summed E-state index contributed by atoms with van der Waals surface area (Å²) in [5.74, 6) is 0.0434. The fraction of sp³-hybridized carbons (Fsp3) is 0.619. The minimum atomic E-state index is -0.347. The Morgan fingerprint density at radius 1 is 1.21 bits per heavy atom. The second kappa shape index (κ2) is 9.54. The number of rotatable bonds is 11. The molecule has 2 fully saturated rings. The van der Waals surface area contributed by atoms with E-state index in [0.29, 0.717) is 12.5 Å². The van der Waals surface area contributed by atoms with Gasteiger partial charge in [0.25, 0.3) is 0 Å². The Bertz CT molecular complexity index is 721. The standard InChI is InChI=1S/C21H31FN4O3/c1-21(2,9-3-4-10-26-12-19(27)23-20(28)13-26)25-24-16-7-8-17(22)18(11-16)29-14-15-5-6-15/h7-8,11,15,24-25H,3-6,9-10,12-14H2,1-2H3,(H,23,27,28). The number of nitrogens with zero attached hydrogens (tertiary/aromatic N) is 1. The van der Waals surface area contributed by atoms with Gasteiger partial charge in [-0.05, 0) is 64.1 Å². The Morgan fingerprint density at radius 2 is 1.93 bits per heavy atom. The highest BCUT2D eigenvalue weighted by Gasteiger charge is 2.23. The Kier molecular flexibility index (Phi) is 7.08. The van der Waals surface area contributed by atoms with Crippen LogP contribution in [0.1, 0.15) is 46.0 Å². The maximum absolute atomic E-state index is 13.9. The van der Waals surface area contributed by atoms with Gasteiger partial charge in [0, 0.05) is 11.6 Å². The maximum Gasteiger partial charge on any atom is 0.240 e. The van der Waals surface area contributed by atoms with E-state index in [9.17, 15) is 14.0 Å². The van der Waals surface area contributed by atoms with E-state index < -0.39 is 0 Å². The van der Waals surface area contributed by atoms with Gasteiger partial charge in [-0.1, -0.05) is 6.42 Å². The van der Waals surface area contributed by atoms with Gasteiger partial charge in [-0.25, -0.2) is 9.82 Å². The smallest absolute Gasteiger partial charge is 0.240 e. The number of piperazine rings is 1. The van der Waals surface area contributed by atoms with Crippen molar-refractivity contribution in [2.24, 2.45) is 5.92 Å². The van der Waals surface area contributed by atoms with Crippen LogP contribution in [-0.2, 0) is 9.59 Å². The van der Waals surface area contributed by atoms with Gasteiger partial charge in [-0.3, -0.25) is 19.8 Å². The molecule has 0 aromatic heterocycles. The Morgan fingerprint density at radius 3 is 2.62 bits per heavy atom. The Balaban J connectivity index is 1.38. The average molecular weight is 407 g/mol. The molecule has 3 rings (SSSR count). The summed E-state index contributed by atoms with van der Waals surface area (Å²) >= 11 is 0. The number of benzene rings is 1. The summed E-state index contributed by atoms with van der Waals surface area (Å²) in [6.45, 7) is 6.04. The predicted octanol–water partition coefficient (Wildman–Crippen LogP) is 2.44. The lowest BCUT2D eigenvalue weighted by molar-refractivity contribution is -0.136. The van der Waals surface area contributed by atoms with Crippen molar-refractivity contribution in [3.63, 3.8) is 0 Å². The number of nitrogens with one attached hydrogen (secondary N) is 3. The van der Waals surface area contributed by atoms with Gasteiger partial charge in [-0.2, -0.15) is 0 Å². The lowest BCUT2D eigenvalue weighted by Gasteiger charge is -2.28. The zero-order chi connectivity index (χ0) is 20.9. The fourth-order valence-electron chi connectivity index (χ4n) is 3.24. The molecular formula is C21H31FN4O3. The molecule has 1 saturated carbocycles. The van der Waals surface area contributed by atoms with Gasteiger partial charge in [0.05, 0.1) is 25.4 Å². The lowest BCUT2D eigenvalue weighted by atomic mass is 9.98. The van der Waals surface area contributed by atoms with Crippen molar-refractivity contribution in [1.29, 1.82) is 0 Å². The molecular weight excluding hydrogens is 375 g/mol. The van der Waals surface area contributed by atoms with Crippen LogP contribution >= 0.6 is 0 Å². The van der Waals surface area contributed by atoms with Crippen LogP contribution in [0, 0.1) is 11.7 Å². The van der Waals surface area contributed by atoms with Crippen LogP contribution in [0.5, 0.6) is 5.75 Å². The van der Waals surface area contributed by atoms with Crippen molar-refractivity contribution in [3.8, 4) is 5.75 Å². The highest BCUT2D eigenvalue weighted by atomic mass is 19.1. The molecule has 1 aromatic carbocycles. The van der Waals surface area contributed by atoms with Crippen LogP contribution in [0.25, 0.3) is 0 Å². The van der Waals surface area contributed by atoms with Gasteiger partial charge in [0.15, 0.2) is 11.6 Å². The van der Waals surface area contributed by atoms with Gasteiger partial charge >= 0.3 is 0 Å². The molecule has 8 heteroatoms. The molecule has 0 radical (unpaired) electrons. The van der Waals surface area contributed by atoms with E-state index in [1.807, 2.05) is 4.90 Å². The first-order valence-electron chi connectivity index (χ1n) is 10.3. The molecule has 1 heterocycles. The van der Waals surface area contributed by atoms with Gasteiger partial charge in [0.2, 0.25) is 11.8 Å². The van der Waals surface area contributed by atoms with Crippen LogP contribution in [0.4, 0.5) is 10.1 Å². The highest BCUT2D eigenvalue weighted by molar-refractivity contribution is 5.99. The van der Waals surface area contributed by atoms with Gasteiger partial charge < -0.3 is 10.2 Å². The first-order valence-corrected chi connectivity index (χ1v) is 10.3. The number of carbonyl (C=O) groups excluding carboxylic acids is 2. The van der Waals surface area contributed by atoms with Crippen molar-refractivity contribution in [2.45, 2.75) is 51.5 Å². The zero-order valence-corrected chi connectivity index (χ0v) is 17.2. The number of anilines is 1. The van der Waals surface area contributed by atoms with E-state index in [0.717, 1.165) is 44.3 Å². The van der Waals surface area contributed by atoms with Crippen molar-refractivity contribution < 1.29 is 18.7 Å². The molecule has 1 saturated heterocycles. The van der Waals surface area contributed by atoms with Crippen molar-refractivity contribution in [2.75, 3.05) is 31.7 Å². The summed E-state index contributed by atoms with van der Waals surface area (Å²) < 4.78 is 19.5. The van der Waals surface area contributed by atoms with E-state index in [4.69, 9.17) is 4.74 Å². The molecule has 2 amide bonds. The molecule has 2 aliphatic rings. The molecule has 0 unspecified atom stereocenters. The third kappa shape index (κ3) is 7.29. The van der Waals surface area contributed by atoms with Crippen LogP contribution < -0.4 is 20.9 Å². The minimum absolute atomic E-state index is 0.182. The highest BCUT2D eigenvalue weighted by Crippen LogP contribution is 2.31. The second-order valence-corrected chi connectivity index (χ2v) is 8.67. The van der Waals surface area contributed by atoms with Crippen molar-refractivity contribution in [1.82, 2.24) is 15.6 Å². The fourth-order valence-corrected chi connectivity index (χ4v) is 3.24. The number of unbranched alkanes of at least 4 members (excludes halogenated alkanes) is 1. The SMILES string of the molecule is CC(C)(CCCCN1CC(=O)NC(=O)C1)NNc1ccc(F)c(OCC2CC2)c1. The number of ether oxygens (including phenoxy) is 1. The molecule has 3 N–H and O–H groups in total. The van der Waals surface area contributed by atoms with Crippen LogP contribution in [0.2, 0.25) is 0 Å². The minimum Gasteiger partial charge on any atom is -0.490 e. The van der Waals surface area contributed by atoms with E-state index in [1.54, 1.807) is 12.1 Å². The maximum atomic E-state index is 13.9. The number of hydrazine groups is 1. The summed E-state index contributed by atoms with van der Waals surface area (Å²) in [5.41, 5.74) is 7.02. The molecule has 1 aromatic rings. The molecule has 0 atom stereocenters. The zero-order valence-electron chi connectivity index (χ0n) is 17.2. The normalized spacial score (nSPS) is 17.9. The molecule has 1 aliphatic carbocycles. The summed E-state index contributed by atoms with van der Waals surface area (Å²) in [6.07, 6.45) is 5.09. The van der Waals surface area contributed by atoms with E-state index in [1.165, 1.54) is 6.07 Å². The molecule has 1 aliphatic heterocycles. The summed E-state index contributed by atoms with van der Waals surface area (Å²) in [4.78, 5) is 24.7. The van der Waals surface area contributed by atoms with Crippen molar-refractivity contribution >= 4 is 17.5 Å². The van der Waals surface area contributed by atoms with Gasteiger partial charge in [0.1, 0.15) is 0 Å². The second-order valence-electron chi connectivity index (χ2n) is 8.67. The van der Waals surface area contributed by atoms with E-state index in [-0.39, 0.29) is 42.0 Å². The van der Waals surface area contributed by atoms with Crippen LogP contribution in [-0.4, -0.2) is 48.5 Å². The molecule has 0 spiro atoms. The Labute approximate surface area is 171 Å². The number of halogens is 1. The number of amides is 2. The van der Waals surface area contributed by atoms with Crippen molar-refractivity contribution in [3.05, 3.63) is 24.0 Å². The molecule has 0 bridgehead atoms. The topological polar surface area (TPSA) is 82.7 Å². The van der Waals surface area contributed by atoms with Crippen LogP contribution in [0.3, 0.4) is 0 Å². The third-order valence-corrected chi connectivity index (χ3v) is 5.19. The Hall–Kier alpha value is -2.19. The quantitative estimate of drug-likeness (QED) is 0.297.